The van der Waals surface area contributed by atoms with Crippen molar-refractivity contribution in [3.8, 4) is 0 Å². The molecule has 2 heteroatoms. The van der Waals surface area contributed by atoms with Gasteiger partial charge in [0.2, 0.25) is 0 Å². The first kappa shape index (κ1) is 12.6. The fourth-order valence-corrected chi connectivity index (χ4v) is 3.39. The Labute approximate surface area is 105 Å². The molecule has 2 nitrogen and oxygen atoms in total. The van der Waals surface area contributed by atoms with E-state index in [0.717, 1.165) is 25.9 Å². The summed E-state index contributed by atoms with van der Waals surface area (Å²) in [7, 11) is 0. The highest BCUT2D eigenvalue weighted by Crippen LogP contribution is 2.34. The topological polar surface area (TPSA) is 29.3 Å². The van der Waals surface area contributed by atoms with Gasteiger partial charge in [-0.05, 0) is 44.4 Å². The van der Waals surface area contributed by atoms with Crippen molar-refractivity contribution >= 4 is 0 Å². The molecule has 0 radical (unpaired) electrons. The lowest BCUT2D eigenvalue weighted by Crippen LogP contribution is -2.57. The molecular weight excluding hydrogens is 208 g/mol. The average molecular weight is 232 g/mol. The summed E-state index contributed by atoms with van der Waals surface area (Å²) in [5.74, 6) is 0. The van der Waals surface area contributed by atoms with Crippen LogP contribution in [-0.2, 0) is 12.8 Å². The fraction of sp³-hybridized carbons (Fsp3) is 0.600. The third-order valence-corrected chi connectivity index (χ3v) is 4.11. The van der Waals surface area contributed by atoms with Gasteiger partial charge in [0.25, 0.3) is 0 Å². The molecule has 0 aromatic heterocycles. The lowest BCUT2D eigenvalue weighted by Gasteiger charge is -2.43. The van der Waals surface area contributed by atoms with E-state index in [2.05, 4.69) is 49.9 Å². The van der Waals surface area contributed by atoms with Gasteiger partial charge in [-0.2, -0.15) is 0 Å². The number of likely N-dealkylation sites (N-methyl/N-ethyl adjacent to an activating group) is 1. The van der Waals surface area contributed by atoms with Crippen molar-refractivity contribution in [3.63, 3.8) is 0 Å². The first-order valence-corrected chi connectivity index (χ1v) is 6.66. The summed E-state index contributed by atoms with van der Waals surface area (Å²) in [6.45, 7) is 8.59. The standard InChI is InChI=1S/C15H24N2/c1-4-17(12(2)3)15(11-16)9-13-7-5-6-8-14(13)10-15/h5-8,12H,4,9-11,16H2,1-3H3. The van der Waals surface area contributed by atoms with Gasteiger partial charge in [-0.3, -0.25) is 4.90 Å². The summed E-state index contributed by atoms with van der Waals surface area (Å²) in [4.78, 5) is 2.56. The Balaban J connectivity index is 2.31. The molecular formula is C15H24N2. The van der Waals surface area contributed by atoms with Gasteiger partial charge in [-0.15, -0.1) is 0 Å². The van der Waals surface area contributed by atoms with Gasteiger partial charge in [0, 0.05) is 18.1 Å². The number of benzene rings is 1. The summed E-state index contributed by atoms with van der Waals surface area (Å²) in [6, 6.07) is 9.33. The van der Waals surface area contributed by atoms with Gasteiger partial charge in [-0.1, -0.05) is 31.2 Å². The molecule has 17 heavy (non-hydrogen) atoms. The molecule has 1 aromatic rings. The van der Waals surface area contributed by atoms with Crippen LogP contribution in [0.4, 0.5) is 0 Å². The summed E-state index contributed by atoms with van der Waals surface area (Å²) < 4.78 is 0. The predicted molar refractivity (Wildman–Crippen MR) is 73.2 cm³/mol. The summed E-state index contributed by atoms with van der Waals surface area (Å²) in [6.07, 6.45) is 2.21. The van der Waals surface area contributed by atoms with Gasteiger partial charge >= 0.3 is 0 Å². The quantitative estimate of drug-likeness (QED) is 0.862. The molecule has 0 heterocycles. The van der Waals surface area contributed by atoms with Crippen molar-refractivity contribution in [2.24, 2.45) is 5.73 Å². The van der Waals surface area contributed by atoms with E-state index >= 15 is 0 Å². The molecule has 94 valence electrons. The van der Waals surface area contributed by atoms with Crippen molar-refractivity contribution in [1.29, 1.82) is 0 Å². The van der Waals surface area contributed by atoms with Gasteiger partial charge in [0.15, 0.2) is 0 Å². The van der Waals surface area contributed by atoms with Crippen LogP contribution in [0.15, 0.2) is 24.3 Å². The van der Waals surface area contributed by atoms with E-state index < -0.39 is 0 Å². The molecule has 2 N–H and O–H groups in total. The van der Waals surface area contributed by atoms with Gasteiger partial charge in [-0.25, -0.2) is 0 Å². The number of hydrogen-bond acceptors (Lipinski definition) is 2. The number of fused-ring (bicyclic) bond motifs is 1. The normalized spacial score (nSPS) is 17.8. The number of nitrogens with two attached hydrogens (primary N) is 1. The smallest absolute Gasteiger partial charge is 0.0414 e. The first-order valence-electron chi connectivity index (χ1n) is 6.66. The molecule has 0 fully saturated rings. The van der Waals surface area contributed by atoms with Crippen LogP contribution in [0.2, 0.25) is 0 Å². The van der Waals surface area contributed by atoms with Crippen molar-refractivity contribution in [1.82, 2.24) is 4.90 Å². The Morgan fingerprint density at radius 2 is 1.76 bits per heavy atom. The van der Waals surface area contributed by atoms with Gasteiger partial charge in [0.05, 0.1) is 0 Å². The van der Waals surface area contributed by atoms with Gasteiger partial charge < -0.3 is 5.73 Å². The minimum atomic E-state index is 0.145. The van der Waals surface area contributed by atoms with Crippen LogP contribution in [0.5, 0.6) is 0 Å². The summed E-state index contributed by atoms with van der Waals surface area (Å²) >= 11 is 0. The average Bonchev–Trinajstić information content (AvgIpc) is 2.68. The zero-order chi connectivity index (χ0) is 12.5. The van der Waals surface area contributed by atoms with Crippen LogP contribution < -0.4 is 5.73 Å². The van der Waals surface area contributed by atoms with Crippen LogP contribution in [0.1, 0.15) is 31.9 Å². The van der Waals surface area contributed by atoms with E-state index in [-0.39, 0.29) is 5.54 Å². The molecule has 1 aliphatic carbocycles. The summed E-state index contributed by atoms with van der Waals surface area (Å²) in [5.41, 5.74) is 9.23. The van der Waals surface area contributed by atoms with Crippen molar-refractivity contribution in [2.45, 2.75) is 45.2 Å². The largest absolute Gasteiger partial charge is 0.329 e. The van der Waals surface area contributed by atoms with Crippen LogP contribution in [-0.4, -0.2) is 29.6 Å². The maximum absolute atomic E-state index is 6.12. The molecule has 0 spiro atoms. The van der Waals surface area contributed by atoms with E-state index in [1.165, 1.54) is 11.1 Å². The Morgan fingerprint density at radius 1 is 1.24 bits per heavy atom. The van der Waals surface area contributed by atoms with Crippen LogP contribution in [0.25, 0.3) is 0 Å². The third kappa shape index (κ3) is 2.12. The Morgan fingerprint density at radius 3 is 2.12 bits per heavy atom. The third-order valence-electron chi connectivity index (χ3n) is 4.11. The molecule has 0 saturated heterocycles. The number of rotatable bonds is 4. The Kier molecular flexibility index (Phi) is 3.55. The van der Waals surface area contributed by atoms with Crippen LogP contribution in [0.3, 0.4) is 0 Å². The minimum Gasteiger partial charge on any atom is -0.329 e. The lowest BCUT2D eigenvalue weighted by molar-refractivity contribution is 0.0753. The minimum absolute atomic E-state index is 0.145. The van der Waals surface area contributed by atoms with Crippen molar-refractivity contribution in [3.05, 3.63) is 35.4 Å². The number of nitrogens with zero attached hydrogens (tertiary/aromatic N) is 1. The molecule has 0 unspecified atom stereocenters. The van der Waals surface area contributed by atoms with E-state index in [4.69, 9.17) is 5.73 Å². The molecule has 1 aliphatic rings. The zero-order valence-corrected chi connectivity index (χ0v) is 11.2. The first-order chi connectivity index (χ1) is 8.13. The maximum Gasteiger partial charge on any atom is 0.0414 e. The highest BCUT2D eigenvalue weighted by Gasteiger charge is 2.41. The van der Waals surface area contributed by atoms with E-state index in [9.17, 15) is 0 Å². The SMILES string of the molecule is CCN(C(C)C)C1(CN)Cc2ccccc2C1. The second-order valence-corrected chi connectivity index (χ2v) is 5.43. The fourth-order valence-electron chi connectivity index (χ4n) is 3.39. The van der Waals surface area contributed by atoms with E-state index in [0.29, 0.717) is 6.04 Å². The Hall–Kier alpha value is -0.860. The highest BCUT2D eigenvalue weighted by molar-refractivity contribution is 5.36. The lowest BCUT2D eigenvalue weighted by atomic mass is 9.92. The second-order valence-electron chi connectivity index (χ2n) is 5.43. The highest BCUT2D eigenvalue weighted by atomic mass is 15.2. The molecule has 0 saturated carbocycles. The predicted octanol–water partition coefficient (Wildman–Crippen LogP) is 2.21. The zero-order valence-electron chi connectivity index (χ0n) is 11.2. The molecule has 0 aliphatic heterocycles. The van der Waals surface area contributed by atoms with Crippen LogP contribution >= 0.6 is 0 Å². The monoisotopic (exact) mass is 232 g/mol. The Bertz CT molecular complexity index is 359. The van der Waals surface area contributed by atoms with Crippen LogP contribution in [0, 0.1) is 0 Å². The molecule has 0 bridgehead atoms. The molecule has 2 rings (SSSR count). The van der Waals surface area contributed by atoms with E-state index in [1.54, 1.807) is 0 Å². The maximum atomic E-state index is 6.12. The van der Waals surface area contributed by atoms with Crippen molar-refractivity contribution < 1.29 is 0 Å². The van der Waals surface area contributed by atoms with Gasteiger partial charge in [0.1, 0.15) is 0 Å². The van der Waals surface area contributed by atoms with E-state index in [1.807, 2.05) is 0 Å². The molecule has 0 atom stereocenters. The molecule has 1 aromatic carbocycles. The molecule has 0 amide bonds. The number of hydrogen-bond donors (Lipinski definition) is 1. The second kappa shape index (κ2) is 4.79. The van der Waals surface area contributed by atoms with Crippen molar-refractivity contribution in [2.75, 3.05) is 13.1 Å². The summed E-state index contributed by atoms with van der Waals surface area (Å²) in [5, 5.41) is 0.